The predicted octanol–water partition coefficient (Wildman–Crippen LogP) is 1.33. The van der Waals surface area contributed by atoms with E-state index in [0.29, 0.717) is 6.42 Å². The van der Waals surface area contributed by atoms with Crippen LogP contribution in [0.5, 0.6) is 0 Å². The van der Waals surface area contributed by atoms with Crippen molar-refractivity contribution in [3.63, 3.8) is 0 Å². The number of nitrogens with two attached hydrogens (primary N) is 1. The van der Waals surface area contributed by atoms with E-state index in [2.05, 4.69) is 23.9 Å². The third-order valence-electron chi connectivity index (χ3n) is 4.02. The zero-order chi connectivity index (χ0) is 13.8. The molecule has 106 valence electrons. The maximum absolute atomic E-state index is 13.7. The van der Waals surface area contributed by atoms with Crippen molar-refractivity contribution in [3.8, 4) is 0 Å². The molecule has 0 bridgehead atoms. The van der Waals surface area contributed by atoms with E-state index in [1.54, 1.807) is 6.07 Å². The molecule has 2 unspecified atom stereocenters. The highest BCUT2D eigenvalue weighted by Crippen LogP contribution is 2.15. The molecule has 4 heteroatoms. The minimum Gasteiger partial charge on any atom is -0.326 e. The van der Waals surface area contributed by atoms with Crippen molar-refractivity contribution in [3.05, 3.63) is 35.6 Å². The van der Waals surface area contributed by atoms with Crippen LogP contribution in [-0.2, 0) is 6.42 Å². The first-order valence-corrected chi connectivity index (χ1v) is 6.95. The SMILES string of the molecule is CN1CCCN(C)C(C(N)Cc2ccccc2F)C1. The first-order valence-electron chi connectivity index (χ1n) is 6.95. The van der Waals surface area contributed by atoms with Gasteiger partial charge in [-0.1, -0.05) is 18.2 Å². The van der Waals surface area contributed by atoms with Crippen LogP contribution in [0.2, 0.25) is 0 Å². The van der Waals surface area contributed by atoms with E-state index in [1.807, 2.05) is 12.1 Å². The summed E-state index contributed by atoms with van der Waals surface area (Å²) in [6, 6.07) is 7.17. The van der Waals surface area contributed by atoms with Crippen molar-refractivity contribution in [1.29, 1.82) is 0 Å². The van der Waals surface area contributed by atoms with E-state index in [-0.39, 0.29) is 17.9 Å². The second kappa shape index (κ2) is 6.46. The van der Waals surface area contributed by atoms with Gasteiger partial charge in [-0.25, -0.2) is 4.39 Å². The summed E-state index contributed by atoms with van der Waals surface area (Å²) in [6.07, 6.45) is 1.76. The molecule has 1 saturated heterocycles. The van der Waals surface area contributed by atoms with Crippen LogP contribution in [0.3, 0.4) is 0 Å². The Balaban J connectivity index is 2.05. The van der Waals surface area contributed by atoms with Crippen LogP contribution >= 0.6 is 0 Å². The van der Waals surface area contributed by atoms with Gasteiger partial charge < -0.3 is 15.5 Å². The second-order valence-electron chi connectivity index (χ2n) is 5.62. The van der Waals surface area contributed by atoms with Crippen LogP contribution < -0.4 is 5.73 Å². The molecule has 1 aromatic carbocycles. The van der Waals surface area contributed by atoms with Gasteiger partial charge in [0.15, 0.2) is 0 Å². The lowest BCUT2D eigenvalue weighted by atomic mass is 9.98. The Kier molecular flexibility index (Phi) is 4.91. The fraction of sp³-hybridized carbons (Fsp3) is 0.600. The van der Waals surface area contributed by atoms with Gasteiger partial charge in [-0.05, 0) is 51.7 Å². The zero-order valence-electron chi connectivity index (χ0n) is 11.8. The highest BCUT2D eigenvalue weighted by molar-refractivity contribution is 5.19. The Morgan fingerprint density at radius 1 is 1.32 bits per heavy atom. The molecular formula is C15H24FN3. The van der Waals surface area contributed by atoms with Crippen molar-refractivity contribution in [1.82, 2.24) is 9.80 Å². The van der Waals surface area contributed by atoms with Gasteiger partial charge in [0.05, 0.1) is 0 Å². The Labute approximate surface area is 115 Å². The van der Waals surface area contributed by atoms with E-state index < -0.39 is 0 Å². The molecule has 19 heavy (non-hydrogen) atoms. The lowest BCUT2D eigenvalue weighted by Gasteiger charge is -2.32. The molecule has 0 aromatic heterocycles. The summed E-state index contributed by atoms with van der Waals surface area (Å²) in [7, 11) is 4.24. The first kappa shape index (κ1) is 14.4. The Morgan fingerprint density at radius 3 is 2.79 bits per heavy atom. The van der Waals surface area contributed by atoms with Crippen LogP contribution in [0.1, 0.15) is 12.0 Å². The van der Waals surface area contributed by atoms with E-state index >= 15 is 0 Å². The molecule has 1 fully saturated rings. The van der Waals surface area contributed by atoms with Crippen LogP contribution in [0, 0.1) is 5.82 Å². The van der Waals surface area contributed by atoms with Crippen molar-refractivity contribution in [2.75, 3.05) is 33.7 Å². The summed E-state index contributed by atoms with van der Waals surface area (Å²) >= 11 is 0. The van der Waals surface area contributed by atoms with Crippen LogP contribution in [-0.4, -0.2) is 55.6 Å². The smallest absolute Gasteiger partial charge is 0.126 e. The number of hydrogen-bond donors (Lipinski definition) is 1. The Bertz CT molecular complexity index is 410. The maximum atomic E-state index is 13.7. The van der Waals surface area contributed by atoms with Crippen LogP contribution in [0.25, 0.3) is 0 Å². The van der Waals surface area contributed by atoms with Crippen LogP contribution in [0.15, 0.2) is 24.3 Å². The molecule has 0 amide bonds. The van der Waals surface area contributed by atoms with Gasteiger partial charge >= 0.3 is 0 Å². The highest BCUT2D eigenvalue weighted by atomic mass is 19.1. The van der Waals surface area contributed by atoms with E-state index in [0.717, 1.165) is 31.6 Å². The van der Waals surface area contributed by atoms with Gasteiger partial charge in [0.1, 0.15) is 5.82 Å². The minimum absolute atomic E-state index is 0.0394. The monoisotopic (exact) mass is 265 g/mol. The van der Waals surface area contributed by atoms with Gasteiger partial charge in [-0.3, -0.25) is 0 Å². The number of likely N-dealkylation sites (N-methyl/N-ethyl adjacent to an activating group) is 2. The van der Waals surface area contributed by atoms with Gasteiger partial charge in [0.25, 0.3) is 0 Å². The van der Waals surface area contributed by atoms with E-state index in [1.165, 1.54) is 6.07 Å². The normalized spacial score (nSPS) is 24.1. The summed E-state index contributed by atoms with van der Waals surface area (Å²) in [4.78, 5) is 4.63. The zero-order valence-corrected chi connectivity index (χ0v) is 11.8. The lowest BCUT2D eigenvalue weighted by molar-refractivity contribution is 0.194. The average Bonchev–Trinajstić information content (AvgIpc) is 2.54. The molecule has 2 N–H and O–H groups in total. The van der Waals surface area contributed by atoms with Gasteiger partial charge in [0, 0.05) is 18.6 Å². The maximum Gasteiger partial charge on any atom is 0.126 e. The predicted molar refractivity (Wildman–Crippen MR) is 76.6 cm³/mol. The summed E-state index contributed by atoms with van der Waals surface area (Å²) in [5.41, 5.74) is 7.05. The molecule has 1 aliphatic heterocycles. The molecular weight excluding hydrogens is 241 g/mol. The quantitative estimate of drug-likeness (QED) is 0.895. The molecule has 1 aliphatic rings. The topological polar surface area (TPSA) is 32.5 Å². The Hall–Kier alpha value is -0.970. The van der Waals surface area contributed by atoms with E-state index in [9.17, 15) is 4.39 Å². The fourth-order valence-electron chi connectivity index (χ4n) is 2.82. The molecule has 2 rings (SSSR count). The number of rotatable bonds is 3. The summed E-state index contributed by atoms with van der Waals surface area (Å²) in [5, 5.41) is 0. The molecule has 0 spiro atoms. The van der Waals surface area contributed by atoms with Crippen molar-refractivity contribution >= 4 is 0 Å². The number of benzene rings is 1. The molecule has 2 atom stereocenters. The third kappa shape index (κ3) is 3.75. The van der Waals surface area contributed by atoms with Gasteiger partial charge in [-0.2, -0.15) is 0 Å². The molecule has 3 nitrogen and oxygen atoms in total. The average molecular weight is 265 g/mol. The van der Waals surface area contributed by atoms with Crippen LogP contribution in [0.4, 0.5) is 4.39 Å². The van der Waals surface area contributed by atoms with Gasteiger partial charge in [-0.15, -0.1) is 0 Å². The summed E-state index contributed by atoms with van der Waals surface area (Å²) < 4.78 is 13.7. The van der Waals surface area contributed by atoms with Crippen molar-refractivity contribution < 1.29 is 4.39 Å². The highest BCUT2D eigenvalue weighted by Gasteiger charge is 2.26. The lowest BCUT2D eigenvalue weighted by Crippen LogP contribution is -2.51. The molecule has 1 heterocycles. The molecule has 1 aromatic rings. The van der Waals surface area contributed by atoms with Crippen molar-refractivity contribution in [2.45, 2.75) is 24.9 Å². The first-order chi connectivity index (χ1) is 9.08. The van der Waals surface area contributed by atoms with Gasteiger partial charge in [0.2, 0.25) is 0 Å². The standard InChI is InChI=1S/C15H24FN3/c1-18-8-5-9-19(2)15(11-18)14(17)10-12-6-3-4-7-13(12)16/h3-4,6-7,14-15H,5,8-11,17H2,1-2H3. The largest absolute Gasteiger partial charge is 0.326 e. The molecule has 0 radical (unpaired) electrons. The van der Waals surface area contributed by atoms with Crippen molar-refractivity contribution in [2.24, 2.45) is 5.73 Å². The summed E-state index contributed by atoms with van der Waals surface area (Å²) in [5.74, 6) is -0.150. The number of hydrogen-bond acceptors (Lipinski definition) is 3. The number of halogens is 1. The fourth-order valence-corrected chi connectivity index (χ4v) is 2.82. The summed E-state index contributed by atoms with van der Waals surface area (Å²) in [6.45, 7) is 3.11. The second-order valence-corrected chi connectivity index (χ2v) is 5.62. The minimum atomic E-state index is -0.150. The van der Waals surface area contributed by atoms with E-state index in [4.69, 9.17) is 5.73 Å². The molecule has 0 aliphatic carbocycles. The third-order valence-corrected chi connectivity index (χ3v) is 4.02. The number of nitrogens with zero attached hydrogens (tertiary/aromatic N) is 2. The Morgan fingerprint density at radius 2 is 2.05 bits per heavy atom. The molecule has 0 saturated carbocycles.